The lowest BCUT2D eigenvalue weighted by atomic mass is 9.88. The van der Waals surface area contributed by atoms with Crippen molar-refractivity contribution < 1.29 is 14.3 Å². The smallest absolute Gasteiger partial charge is 0.330 e. The molecule has 4 heterocycles. The number of halogens is 1. The molecule has 0 aliphatic carbocycles. The maximum absolute atomic E-state index is 12.9. The van der Waals surface area contributed by atoms with Crippen molar-refractivity contribution in [3.63, 3.8) is 0 Å². The predicted octanol–water partition coefficient (Wildman–Crippen LogP) is 3.01. The average Bonchev–Trinajstić information content (AvgIpc) is 3.40. The summed E-state index contributed by atoms with van der Waals surface area (Å²) in [4.78, 5) is 56.9. The summed E-state index contributed by atoms with van der Waals surface area (Å²) in [7, 11) is 4.39. The first-order valence-corrected chi connectivity index (χ1v) is 14.9. The van der Waals surface area contributed by atoms with Gasteiger partial charge in [0.1, 0.15) is 5.56 Å². The molecule has 2 amide bonds. The second-order valence-corrected chi connectivity index (χ2v) is 12.2. The molecule has 1 spiro atoms. The molecule has 0 radical (unpaired) electrons. The van der Waals surface area contributed by atoms with Crippen molar-refractivity contribution in [3.05, 3.63) is 91.1 Å². The number of nitrogens with zero attached hydrogens (tertiary/aromatic N) is 4. The van der Waals surface area contributed by atoms with Gasteiger partial charge in [-0.25, -0.2) is 9.78 Å². The number of hydrogen-bond donors (Lipinski definition) is 2. The lowest BCUT2D eigenvalue weighted by molar-refractivity contribution is -0.120. The third-order valence-electron chi connectivity index (χ3n) is 8.88. The Bertz CT molecular complexity index is 2010. The fourth-order valence-electron chi connectivity index (χ4n) is 6.59. The van der Waals surface area contributed by atoms with Crippen LogP contribution >= 0.6 is 11.6 Å². The number of hydrogen-bond acceptors (Lipinski definition) is 7. The highest BCUT2D eigenvalue weighted by molar-refractivity contribution is 6.36. The van der Waals surface area contributed by atoms with E-state index in [9.17, 15) is 19.2 Å². The van der Waals surface area contributed by atoms with Crippen LogP contribution < -0.4 is 27.0 Å². The number of carbonyl (C=O) groups excluding carboxylic acids is 2. The van der Waals surface area contributed by atoms with Gasteiger partial charge in [0.15, 0.2) is 0 Å². The molecule has 6 rings (SSSR count). The molecule has 232 valence electrons. The number of nitrogens with two attached hydrogens (primary N) is 1. The summed E-state index contributed by atoms with van der Waals surface area (Å²) in [6.07, 6.45) is 1.44. The first-order chi connectivity index (χ1) is 21.4. The molecule has 12 heteroatoms. The van der Waals surface area contributed by atoms with E-state index in [1.807, 2.05) is 43.3 Å². The summed E-state index contributed by atoms with van der Waals surface area (Å²) >= 11 is 7.06. The van der Waals surface area contributed by atoms with E-state index in [0.29, 0.717) is 51.8 Å². The minimum absolute atomic E-state index is 0.104. The number of nitrogens with one attached hydrogen (secondary N) is 1. The van der Waals surface area contributed by atoms with E-state index in [-0.39, 0.29) is 22.7 Å². The molecule has 2 fully saturated rings. The van der Waals surface area contributed by atoms with Crippen LogP contribution in [0.1, 0.15) is 34.3 Å². The fraction of sp³-hybridized carbons (Fsp3) is 0.303. The summed E-state index contributed by atoms with van der Waals surface area (Å²) in [6.45, 7) is 4.07. The van der Waals surface area contributed by atoms with Crippen LogP contribution in [0.25, 0.3) is 33.6 Å². The standard InChI is InChI=1S/C33H33ClN6O5/c1-18-20(7-5-8-21(18)28-26(29(35)42)31(43)39(3)32(44)38(28)2)22-9-6-10-23(27(22)34)24-12-11-19(30(36-24)45-4)15-40-16-33(17-40)14-13-25(41)37-33/h5-12H,13-17H2,1-4H3,(H2,35,42)(H,37,41). The molecule has 3 N–H and O–H groups in total. The Morgan fingerprint density at radius 3 is 2.31 bits per heavy atom. The Morgan fingerprint density at radius 2 is 1.67 bits per heavy atom. The van der Waals surface area contributed by atoms with Gasteiger partial charge in [-0.05, 0) is 30.5 Å². The quantitative estimate of drug-likeness (QED) is 0.320. The summed E-state index contributed by atoms with van der Waals surface area (Å²) in [5.41, 5.74) is 8.99. The van der Waals surface area contributed by atoms with E-state index in [2.05, 4.69) is 10.2 Å². The minimum Gasteiger partial charge on any atom is -0.481 e. The average molecular weight is 629 g/mol. The van der Waals surface area contributed by atoms with Gasteiger partial charge in [0.05, 0.1) is 29.1 Å². The zero-order chi connectivity index (χ0) is 32.2. The topological polar surface area (TPSA) is 142 Å². The van der Waals surface area contributed by atoms with E-state index in [0.717, 1.165) is 35.2 Å². The molecule has 11 nitrogen and oxygen atoms in total. The first kappa shape index (κ1) is 30.3. The lowest BCUT2D eigenvalue weighted by Gasteiger charge is -2.48. The van der Waals surface area contributed by atoms with E-state index in [4.69, 9.17) is 27.1 Å². The van der Waals surface area contributed by atoms with Crippen LogP contribution in [-0.2, 0) is 25.4 Å². The van der Waals surface area contributed by atoms with Gasteiger partial charge in [-0.1, -0.05) is 54.1 Å². The number of benzene rings is 2. The van der Waals surface area contributed by atoms with Crippen LogP contribution in [0.4, 0.5) is 0 Å². The van der Waals surface area contributed by atoms with E-state index in [1.54, 1.807) is 19.2 Å². The number of ether oxygens (including phenoxy) is 1. The van der Waals surface area contributed by atoms with Gasteiger partial charge < -0.3 is 15.8 Å². The molecule has 4 aromatic rings. The molecule has 2 aromatic carbocycles. The number of aromatic nitrogens is 3. The zero-order valence-electron chi connectivity index (χ0n) is 25.4. The molecule has 0 atom stereocenters. The van der Waals surface area contributed by atoms with Gasteiger partial charge in [-0.15, -0.1) is 0 Å². The van der Waals surface area contributed by atoms with Gasteiger partial charge >= 0.3 is 5.69 Å². The normalized spacial score (nSPS) is 15.6. The highest BCUT2D eigenvalue weighted by Gasteiger charge is 2.47. The van der Waals surface area contributed by atoms with Crippen LogP contribution in [0.5, 0.6) is 5.88 Å². The Kier molecular flexibility index (Phi) is 7.62. The number of carbonyl (C=O) groups is 2. The van der Waals surface area contributed by atoms with Crippen molar-refractivity contribution in [1.82, 2.24) is 24.3 Å². The third kappa shape index (κ3) is 5.11. The van der Waals surface area contributed by atoms with Crippen molar-refractivity contribution in [3.8, 4) is 39.5 Å². The molecule has 45 heavy (non-hydrogen) atoms. The number of rotatable bonds is 7. The molecule has 0 unspecified atom stereocenters. The SMILES string of the molecule is COc1nc(-c2cccc(-c3cccc(-c4c(C(N)=O)c(=O)n(C)c(=O)n4C)c3C)c2Cl)ccc1CN1CC2(CCC(=O)N2)C1. The van der Waals surface area contributed by atoms with Gasteiger partial charge in [0, 0.05) is 62.4 Å². The second-order valence-electron chi connectivity index (χ2n) is 11.8. The Hall–Kier alpha value is -4.74. The molecule has 2 aliphatic rings. The molecular formula is C33H33ClN6O5. The fourth-order valence-corrected chi connectivity index (χ4v) is 6.92. The van der Waals surface area contributed by atoms with Crippen molar-refractivity contribution in [2.75, 3.05) is 20.2 Å². The van der Waals surface area contributed by atoms with Crippen molar-refractivity contribution in [2.45, 2.75) is 31.8 Å². The number of likely N-dealkylation sites (tertiary alicyclic amines) is 1. The molecule has 2 aromatic heterocycles. The molecule has 0 saturated carbocycles. The van der Waals surface area contributed by atoms with Crippen LogP contribution in [0, 0.1) is 6.92 Å². The summed E-state index contributed by atoms with van der Waals surface area (Å²) in [5.74, 6) is -0.311. The van der Waals surface area contributed by atoms with Crippen molar-refractivity contribution in [2.24, 2.45) is 19.8 Å². The monoisotopic (exact) mass is 628 g/mol. The van der Waals surface area contributed by atoms with Crippen molar-refractivity contribution in [1.29, 1.82) is 0 Å². The van der Waals surface area contributed by atoms with Gasteiger partial charge in [0.2, 0.25) is 11.8 Å². The van der Waals surface area contributed by atoms with Gasteiger partial charge in [-0.3, -0.25) is 28.4 Å². The summed E-state index contributed by atoms with van der Waals surface area (Å²) in [5, 5.41) is 3.56. The summed E-state index contributed by atoms with van der Waals surface area (Å²) in [6, 6.07) is 14.9. The Labute approximate surface area is 264 Å². The van der Waals surface area contributed by atoms with Crippen LogP contribution in [0.15, 0.2) is 58.1 Å². The minimum atomic E-state index is -0.923. The zero-order valence-corrected chi connectivity index (χ0v) is 26.2. The second kappa shape index (κ2) is 11.3. The number of methoxy groups -OCH3 is 1. The summed E-state index contributed by atoms with van der Waals surface area (Å²) < 4.78 is 7.80. The number of pyridine rings is 1. The number of primary amides is 1. The van der Waals surface area contributed by atoms with Crippen LogP contribution in [0.2, 0.25) is 5.02 Å². The highest BCUT2D eigenvalue weighted by Crippen LogP contribution is 2.40. The maximum atomic E-state index is 12.9. The Morgan fingerprint density at radius 1 is 1.00 bits per heavy atom. The van der Waals surface area contributed by atoms with Crippen LogP contribution in [0.3, 0.4) is 0 Å². The maximum Gasteiger partial charge on any atom is 0.330 e. The van der Waals surface area contributed by atoms with Gasteiger partial charge in [0.25, 0.3) is 11.5 Å². The van der Waals surface area contributed by atoms with E-state index in [1.165, 1.54) is 18.7 Å². The highest BCUT2D eigenvalue weighted by atomic mass is 35.5. The molecule has 2 aliphatic heterocycles. The Balaban J connectivity index is 1.36. The van der Waals surface area contributed by atoms with Crippen molar-refractivity contribution >= 4 is 23.4 Å². The molecular weight excluding hydrogens is 596 g/mol. The largest absolute Gasteiger partial charge is 0.481 e. The number of amides is 2. The van der Waals surface area contributed by atoms with Gasteiger partial charge in [-0.2, -0.15) is 0 Å². The first-order valence-electron chi connectivity index (χ1n) is 14.5. The third-order valence-corrected chi connectivity index (χ3v) is 9.29. The van der Waals surface area contributed by atoms with E-state index >= 15 is 0 Å². The lowest BCUT2D eigenvalue weighted by Crippen LogP contribution is -2.66. The van der Waals surface area contributed by atoms with Crippen LogP contribution in [-0.4, -0.2) is 56.6 Å². The molecule has 2 saturated heterocycles. The predicted molar refractivity (Wildman–Crippen MR) is 171 cm³/mol. The van der Waals surface area contributed by atoms with E-state index < -0.39 is 17.2 Å². The molecule has 0 bridgehead atoms.